The number of nitriles is 1. The Hall–Kier alpha value is -3.70. The molecule has 8 heteroatoms. The molecule has 0 spiro atoms. The number of ether oxygens (including phenoxy) is 2. The lowest BCUT2D eigenvalue weighted by Crippen LogP contribution is -2.32. The van der Waals surface area contributed by atoms with E-state index in [4.69, 9.17) is 14.7 Å². The van der Waals surface area contributed by atoms with Crippen LogP contribution in [-0.2, 0) is 17.9 Å². The van der Waals surface area contributed by atoms with Gasteiger partial charge < -0.3 is 18.9 Å². The quantitative estimate of drug-likeness (QED) is 0.552. The van der Waals surface area contributed by atoms with Crippen LogP contribution in [0.15, 0.2) is 54.5 Å². The van der Waals surface area contributed by atoms with Crippen LogP contribution in [0.25, 0.3) is 6.08 Å². The summed E-state index contributed by atoms with van der Waals surface area (Å²) >= 11 is 0. The summed E-state index contributed by atoms with van der Waals surface area (Å²) < 4.78 is 13.6. The standard InChI is InChI=1S/C25H26N6O2/c26-15-20-4-5-21(28-16-20)18-33-25-3-1-2-23(29-25)30-10-6-19(7-11-30)14-24-27-9-12-31(24)17-22-8-13-32-22/h1-5,9,12,14,16,22H,6-8,10-11,13,17-18H2/t22-/m0/s1. The molecular weight excluding hydrogens is 416 g/mol. The van der Waals surface area contributed by atoms with Crippen LogP contribution in [-0.4, -0.2) is 45.3 Å². The summed E-state index contributed by atoms with van der Waals surface area (Å²) in [4.78, 5) is 15.7. The van der Waals surface area contributed by atoms with E-state index >= 15 is 0 Å². The lowest BCUT2D eigenvalue weighted by molar-refractivity contribution is -0.0593. The average Bonchev–Trinajstić information content (AvgIpc) is 3.27. The minimum Gasteiger partial charge on any atom is -0.471 e. The molecule has 0 radical (unpaired) electrons. The molecule has 1 atom stereocenters. The Morgan fingerprint density at radius 2 is 2.06 bits per heavy atom. The number of imidazole rings is 1. The van der Waals surface area contributed by atoms with Crippen molar-refractivity contribution in [2.45, 2.75) is 38.5 Å². The Morgan fingerprint density at radius 1 is 1.18 bits per heavy atom. The molecule has 2 aliphatic rings. The molecule has 8 nitrogen and oxygen atoms in total. The van der Waals surface area contributed by atoms with Crippen molar-refractivity contribution >= 4 is 11.9 Å². The second-order valence-corrected chi connectivity index (χ2v) is 8.28. The number of anilines is 1. The van der Waals surface area contributed by atoms with Gasteiger partial charge in [-0.2, -0.15) is 10.2 Å². The number of rotatable bonds is 7. The number of piperidine rings is 1. The fraction of sp³-hybridized carbons (Fsp3) is 0.360. The van der Waals surface area contributed by atoms with Crippen molar-refractivity contribution < 1.29 is 9.47 Å². The Kier molecular flexibility index (Phi) is 6.31. The molecule has 2 saturated heterocycles. The second kappa shape index (κ2) is 9.84. The summed E-state index contributed by atoms with van der Waals surface area (Å²) in [5.74, 6) is 2.50. The van der Waals surface area contributed by atoms with E-state index in [9.17, 15) is 0 Å². The first-order valence-electron chi connectivity index (χ1n) is 11.3. The smallest absolute Gasteiger partial charge is 0.215 e. The van der Waals surface area contributed by atoms with Gasteiger partial charge in [-0.15, -0.1) is 0 Å². The van der Waals surface area contributed by atoms with E-state index in [0.29, 0.717) is 24.2 Å². The zero-order chi connectivity index (χ0) is 22.5. The highest BCUT2D eigenvalue weighted by molar-refractivity contribution is 5.49. The number of nitrogens with zero attached hydrogens (tertiary/aromatic N) is 6. The molecule has 0 bridgehead atoms. The van der Waals surface area contributed by atoms with Crippen LogP contribution in [0.1, 0.15) is 36.3 Å². The van der Waals surface area contributed by atoms with Gasteiger partial charge in [0.25, 0.3) is 0 Å². The van der Waals surface area contributed by atoms with E-state index in [-0.39, 0.29) is 0 Å². The molecule has 0 aliphatic carbocycles. The Morgan fingerprint density at radius 3 is 2.79 bits per heavy atom. The van der Waals surface area contributed by atoms with Gasteiger partial charge in [-0.1, -0.05) is 11.6 Å². The summed E-state index contributed by atoms with van der Waals surface area (Å²) in [5.41, 5.74) is 2.71. The highest BCUT2D eigenvalue weighted by Gasteiger charge is 2.20. The summed E-state index contributed by atoms with van der Waals surface area (Å²) in [7, 11) is 0. The maximum absolute atomic E-state index is 8.88. The molecular formula is C25H26N6O2. The minimum absolute atomic E-state index is 0.313. The SMILES string of the molecule is N#Cc1ccc(COc2cccc(N3CCC(=Cc4nccn4C[C@@H]4CCO4)CC3)n2)nc1. The fourth-order valence-corrected chi connectivity index (χ4v) is 4.00. The van der Waals surface area contributed by atoms with Crippen LogP contribution < -0.4 is 9.64 Å². The van der Waals surface area contributed by atoms with Gasteiger partial charge in [-0.3, -0.25) is 4.98 Å². The molecule has 0 amide bonds. The van der Waals surface area contributed by atoms with Crippen LogP contribution in [0.2, 0.25) is 0 Å². The number of aromatic nitrogens is 4. The first kappa shape index (κ1) is 21.2. The summed E-state index contributed by atoms with van der Waals surface area (Å²) in [6.07, 6.45) is 11.1. The van der Waals surface area contributed by atoms with E-state index in [1.54, 1.807) is 18.3 Å². The number of hydrogen-bond donors (Lipinski definition) is 0. The van der Waals surface area contributed by atoms with Crippen LogP contribution in [0.4, 0.5) is 5.82 Å². The molecule has 0 N–H and O–H groups in total. The number of hydrogen-bond acceptors (Lipinski definition) is 7. The molecule has 0 unspecified atom stereocenters. The Bertz CT molecular complexity index is 1150. The van der Waals surface area contributed by atoms with Crippen LogP contribution in [0.3, 0.4) is 0 Å². The van der Waals surface area contributed by atoms with Gasteiger partial charge in [0, 0.05) is 44.4 Å². The molecule has 5 heterocycles. The van der Waals surface area contributed by atoms with Crippen LogP contribution in [0, 0.1) is 11.3 Å². The predicted octanol–water partition coefficient (Wildman–Crippen LogP) is 3.60. The van der Waals surface area contributed by atoms with E-state index in [1.165, 1.54) is 5.57 Å². The van der Waals surface area contributed by atoms with Crippen molar-refractivity contribution in [1.82, 2.24) is 19.5 Å². The van der Waals surface area contributed by atoms with Gasteiger partial charge in [0.2, 0.25) is 5.88 Å². The molecule has 0 aromatic carbocycles. The third-order valence-electron chi connectivity index (χ3n) is 6.03. The Labute approximate surface area is 193 Å². The molecule has 2 aliphatic heterocycles. The highest BCUT2D eigenvalue weighted by Crippen LogP contribution is 2.25. The van der Waals surface area contributed by atoms with E-state index in [1.807, 2.05) is 30.6 Å². The van der Waals surface area contributed by atoms with Crippen molar-refractivity contribution in [1.29, 1.82) is 5.26 Å². The first-order valence-corrected chi connectivity index (χ1v) is 11.3. The average molecular weight is 443 g/mol. The van der Waals surface area contributed by atoms with E-state index < -0.39 is 0 Å². The molecule has 33 heavy (non-hydrogen) atoms. The molecule has 3 aromatic heterocycles. The predicted molar refractivity (Wildman–Crippen MR) is 124 cm³/mol. The second-order valence-electron chi connectivity index (χ2n) is 8.28. The van der Waals surface area contributed by atoms with Gasteiger partial charge in [0.1, 0.15) is 24.3 Å². The van der Waals surface area contributed by atoms with Crippen molar-refractivity contribution in [2.75, 3.05) is 24.6 Å². The van der Waals surface area contributed by atoms with Crippen molar-refractivity contribution in [2.24, 2.45) is 0 Å². The van der Waals surface area contributed by atoms with Crippen molar-refractivity contribution in [3.05, 3.63) is 71.6 Å². The van der Waals surface area contributed by atoms with Crippen LogP contribution in [0.5, 0.6) is 5.88 Å². The van der Waals surface area contributed by atoms with Crippen molar-refractivity contribution in [3.8, 4) is 11.9 Å². The maximum atomic E-state index is 8.88. The zero-order valence-electron chi connectivity index (χ0n) is 18.4. The van der Waals surface area contributed by atoms with Gasteiger partial charge in [-0.05, 0) is 43.5 Å². The van der Waals surface area contributed by atoms with Crippen molar-refractivity contribution in [3.63, 3.8) is 0 Å². The summed E-state index contributed by atoms with van der Waals surface area (Å²) in [5, 5.41) is 8.88. The third kappa shape index (κ3) is 5.21. The largest absolute Gasteiger partial charge is 0.471 e. The molecule has 3 aromatic rings. The minimum atomic E-state index is 0.313. The number of pyridine rings is 2. The van der Waals surface area contributed by atoms with Gasteiger partial charge in [0.05, 0.1) is 23.9 Å². The normalized spacial score (nSPS) is 17.8. The molecule has 0 saturated carbocycles. The van der Waals surface area contributed by atoms with E-state index in [0.717, 1.165) is 62.8 Å². The summed E-state index contributed by atoms with van der Waals surface area (Å²) in [6.45, 7) is 3.88. The Balaban J connectivity index is 1.17. The van der Waals surface area contributed by atoms with Gasteiger partial charge in [-0.25, -0.2) is 4.98 Å². The summed E-state index contributed by atoms with van der Waals surface area (Å²) in [6, 6.07) is 11.4. The highest BCUT2D eigenvalue weighted by atomic mass is 16.5. The zero-order valence-corrected chi connectivity index (χ0v) is 18.4. The molecule has 168 valence electrons. The molecule has 5 rings (SSSR count). The fourth-order valence-electron chi connectivity index (χ4n) is 4.00. The van der Waals surface area contributed by atoms with Gasteiger partial charge in [0.15, 0.2) is 0 Å². The third-order valence-corrected chi connectivity index (χ3v) is 6.03. The monoisotopic (exact) mass is 442 g/mol. The lowest BCUT2D eigenvalue weighted by Gasteiger charge is -2.30. The van der Waals surface area contributed by atoms with E-state index in [2.05, 4.69) is 36.6 Å². The molecule has 2 fully saturated rings. The lowest BCUT2D eigenvalue weighted by atomic mass is 10.0. The topological polar surface area (TPSA) is 89.1 Å². The first-order chi connectivity index (χ1) is 16.3. The maximum Gasteiger partial charge on any atom is 0.215 e. The van der Waals surface area contributed by atoms with Gasteiger partial charge >= 0.3 is 0 Å². The van der Waals surface area contributed by atoms with Crippen LogP contribution >= 0.6 is 0 Å².